The Morgan fingerprint density at radius 2 is 1.49 bits per heavy atom. The molecule has 2 unspecified atom stereocenters. The van der Waals surface area contributed by atoms with E-state index in [0.29, 0.717) is 11.3 Å². The van der Waals surface area contributed by atoms with Gasteiger partial charge in [-0.15, -0.1) is 13.2 Å². The molecule has 0 saturated heterocycles. The van der Waals surface area contributed by atoms with E-state index >= 15 is 0 Å². The number of β-amino-alcohol motifs (C(OH)–C–C–N with tert-alkyl or cyclic N) is 1. The number of fused-ring (bicyclic) bond motifs is 1. The zero-order chi connectivity index (χ0) is 28.6. The summed E-state index contributed by atoms with van der Waals surface area (Å²) in [5.41, 5.74) is -0.000824. The number of rotatable bonds is 6. The first-order valence-electron chi connectivity index (χ1n) is 11.5. The third kappa shape index (κ3) is 6.88. The molecule has 0 saturated carbocycles. The molecule has 1 heterocycles. The molecule has 0 spiro atoms. The highest BCUT2D eigenvalue weighted by atomic mass is 19.4. The van der Waals surface area contributed by atoms with Crippen LogP contribution in [0.15, 0.2) is 72.8 Å². The predicted molar refractivity (Wildman–Crippen MR) is 124 cm³/mol. The van der Waals surface area contributed by atoms with Crippen LogP contribution in [0.2, 0.25) is 0 Å². The highest BCUT2D eigenvalue weighted by molar-refractivity contribution is 5.75. The summed E-state index contributed by atoms with van der Waals surface area (Å²) in [5, 5.41) is 9.87. The second kappa shape index (κ2) is 10.5. The molecule has 3 aromatic rings. The normalized spacial score (nSPS) is 17.1. The van der Waals surface area contributed by atoms with Gasteiger partial charge in [-0.2, -0.15) is 26.3 Å². The zero-order valence-electron chi connectivity index (χ0n) is 19.9. The molecule has 1 aliphatic heterocycles. The highest BCUT2D eigenvalue weighted by Gasteiger charge is 2.43. The topological polar surface area (TPSA) is 35.9 Å². The van der Waals surface area contributed by atoms with Crippen LogP contribution in [0.4, 0.5) is 50.9 Å². The maximum atomic E-state index is 13.5. The number of halogens is 9. The minimum atomic E-state index is -4.98. The molecule has 1 aliphatic rings. The molecule has 0 fully saturated rings. The number of ether oxygens (including phenoxy) is 1. The molecule has 0 aliphatic carbocycles. The zero-order valence-corrected chi connectivity index (χ0v) is 19.9. The third-order valence-corrected chi connectivity index (χ3v) is 6.15. The average Bonchev–Trinajstić information content (AvgIpc) is 2.83. The number of alkyl halides is 9. The molecule has 13 heteroatoms. The number of para-hydroxylation sites is 2. The van der Waals surface area contributed by atoms with Crippen LogP contribution in [-0.2, 0) is 12.7 Å². The van der Waals surface area contributed by atoms with Crippen molar-refractivity contribution in [3.05, 3.63) is 89.5 Å². The van der Waals surface area contributed by atoms with Gasteiger partial charge in [0.15, 0.2) is 6.10 Å². The first kappa shape index (κ1) is 28.4. The van der Waals surface area contributed by atoms with Gasteiger partial charge < -0.3 is 19.6 Å². The van der Waals surface area contributed by atoms with Crippen LogP contribution in [0.5, 0.6) is 5.75 Å². The van der Waals surface area contributed by atoms with E-state index in [2.05, 4.69) is 4.74 Å². The van der Waals surface area contributed by atoms with Crippen LogP contribution in [-0.4, -0.2) is 36.8 Å². The van der Waals surface area contributed by atoms with Crippen LogP contribution < -0.4 is 14.5 Å². The summed E-state index contributed by atoms with van der Waals surface area (Å²) in [6.45, 7) is -1.12. The van der Waals surface area contributed by atoms with Crippen molar-refractivity contribution in [2.24, 2.45) is 0 Å². The number of benzene rings is 3. The van der Waals surface area contributed by atoms with Gasteiger partial charge in [0.05, 0.1) is 29.5 Å². The molecule has 3 aromatic carbocycles. The molecule has 1 N–H and O–H groups in total. The molecule has 2 atom stereocenters. The predicted octanol–water partition coefficient (Wildman–Crippen LogP) is 7.10. The summed E-state index contributed by atoms with van der Waals surface area (Å²) in [7, 11) is 0. The van der Waals surface area contributed by atoms with E-state index in [1.165, 1.54) is 35.2 Å². The Kier molecular flexibility index (Phi) is 7.66. The largest absolute Gasteiger partial charge is 0.573 e. The summed E-state index contributed by atoms with van der Waals surface area (Å²) in [4.78, 5) is 2.84. The fourth-order valence-corrected chi connectivity index (χ4v) is 4.48. The quantitative estimate of drug-likeness (QED) is 0.324. The van der Waals surface area contributed by atoms with Gasteiger partial charge in [0, 0.05) is 13.1 Å². The average molecular weight is 564 g/mol. The number of anilines is 2. The molecule has 39 heavy (non-hydrogen) atoms. The van der Waals surface area contributed by atoms with E-state index < -0.39 is 48.7 Å². The Morgan fingerprint density at radius 1 is 0.821 bits per heavy atom. The SMILES string of the molecule is OC(CN1c2ccccc2N(Cc2cccc(OC(F)(F)F)c2)CC1c1cccc(C(F)(F)F)c1)C(F)(F)F. The lowest BCUT2D eigenvalue weighted by molar-refractivity contribution is -0.274. The van der Waals surface area contributed by atoms with Gasteiger partial charge in [0.25, 0.3) is 0 Å². The number of nitrogens with zero attached hydrogens (tertiary/aromatic N) is 2. The van der Waals surface area contributed by atoms with E-state index in [1.807, 2.05) is 0 Å². The van der Waals surface area contributed by atoms with E-state index in [9.17, 15) is 44.6 Å². The Morgan fingerprint density at radius 3 is 2.13 bits per heavy atom. The van der Waals surface area contributed by atoms with Crippen LogP contribution in [0.1, 0.15) is 22.7 Å². The van der Waals surface area contributed by atoms with Crippen molar-refractivity contribution in [2.75, 3.05) is 22.9 Å². The maximum Gasteiger partial charge on any atom is 0.573 e. The Hall–Kier alpha value is -3.61. The highest BCUT2D eigenvalue weighted by Crippen LogP contribution is 2.43. The Bertz CT molecular complexity index is 1290. The van der Waals surface area contributed by atoms with Crippen molar-refractivity contribution < 1.29 is 49.4 Å². The Balaban J connectivity index is 1.76. The fraction of sp³-hybridized carbons (Fsp3) is 0.308. The molecule has 210 valence electrons. The van der Waals surface area contributed by atoms with E-state index in [0.717, 1.165) is 30.3 Å². The van der Waals surface area contributed by atoms with Gasteiger partial charge in [-0.05, 0) is 47.5 Å². The fourth-order valence-electron chi connectivity index (χ4n) is 4.48. The minimum absolute atomic E-state index is 0.0306. The number of aliphatic hydroxyl groups excluding tert-OH is 1. The summed E-state index contributed by atoms with van der Waals surface area (Å²) < 4.78 is 122. The Labute approximate surface area is 216 Å². The van der Waals surface area contributed by atoms with E-state index in [1.54, 1.807) is 17.0 Å². The second-order valence-electron chi connectivity index (χ2n) is 8.91. The molecule has 4 rings (SSSR count). The second-order valence-corrected chi connectivity index (χ2v) is 8.91. The van der Waals surface area contributed by atoms with Crippen molar-refractivity contribution >= 4 is 11.4 Å². The summed E-state index contributed by atoms with van der Waals surface area (Å²) in [5.74, 6) is -0.477. The monoisotopic (exact) mass is 564 g/mol. The third-order valence-electron chi connectivity index (χ3n) is 6.15. The molecule has 4 nitrogen and oxygen atoms in total. The lowest BCUT2D eigenvalue weighted by atomic mass is 9.96. The standard InChI is InChI=1S/C26H21F9N2O2/c27-24(28,29)18-7-4-6-17(12-18)22-14-36(13-16-5-3-8-19(11-16)39-26(33,34)35)20-9-1-2-10-21(20)37(22)15-23(38)25(30,31)32/h1-12,22-23,38H,13-15H2. The lowest BCUT2D eigenvalue weighted by Crippen LogP contribution is -2.49. The molecule has 0 bridgehead atoms. The first-order valence-corrected chi connectivity index (χ1v) is 11.5. The van der Waals surface area contributed by atoms with Gasteiger partial charge in [-0.25, -0.2) is 0 Å². The van der Waals surface area contributed by atoms with Crippen LogP contribution in [0.25, 0.3) is 0 Å². The van der Waals surface area contributed by atoms with Crippen molar-refractivity contribution in [1.29, 1.82) is 0 Å². The van der Waals surface area contributed by atoms with Crippen LogP contribution >= 0.6 is 0 Å². The molecular weight excluding hydrogens is 543 g/mol. The lowest BCUT2D eigenvalue weighted by Gasteiger charge is -2.46. The molecule has 0 aromatic heterocycles. The van der Waals surface area contributed by atoms with Crippen molar-refractivity contribution in [3.8, 4) is 5.75 Å². The number of hydrogen-bond donors (Lipinski definition) is 1. The van der Waals surface area contributed by atoms with E-state index in [4.69, 9.17) is 0 Å². The number of aliphatic hydroxyl groups is 1. The molecular formula is C26H21F9N2O2. The molecule has 0 radical (unpaired) electrons. The van der Waals surface area contributed by atoms with Gasteiger partial charge in [0.2, 0.25) is 0 Å². The van der Waals surface area contributed by atoms with Crippen molar-refractivity contribution in [2.45, 2.75) is 37.4 Å². The van der Waals surface area contributed by atoms with Crippen LogP contribution in [0.3, 0.4) is 0 Å². The summed E-state index contributed by atoms with van der Waals surface area (Å²) in [6.07, 6.45) is -17.4. The number of hydrogen-bond acceptors (Lipinski definition) is 4. The van der Waals surface area contributed by atoms with Crippen molar-refractivity contribution in [3.63, 3.8) is 0 Å². The smallest absolute Gasteiger partial charge is 0.406 e. The van der Waals surface area contributed by atoms with E-state index in [-0.39, 0.29) is 24.3 Å². The van der Waals surface area contributed by atoms with Gasteiger partial charge in [-0.1, -0.05) is 36.4 Å². The van der Waals surface area contributed by atoms with Crippen LogP contribution in [0, 0.1) is 0 Å². The first-order chi connectivity index (χ1) is 18.1. The summed E-state index contributed by atoms with van der Waals surface area (Å²) in [6, 6.07) is 14.3. The maximum absolute atomic E-state index is 13.5. The van der Waals surface area contributed by atoms with Crippen molar-refractivity contribution in [1.82, 2.24) is 0 Å². The van der Waals surface area contributed by atoms with Gasteiger partial charge >= 0.3 is 18.7 Å². The minimum Gasteiger partial charge on any atom is -0.406 e. The summed E-state index contributed by atoms with van der Waals surface area (Å²) >= 11 is 0. The van der Waals surface area contributed by atoms with Gasteiger partial charge in [0.1, 0.15) is 5.75 Å². The van der Waals surface area contributed by atoms with Gasteiger partial charge in [-0.3, -0.25) is 0 Å². The molecule has 0 amide bonds.